The topological polar surface area (TPSA) is 121 Å². The molecule has 1 atom stereocenters. The van der Waals surface area contributed by atoms with Crippen LogP contribution >= 0.6 is 0 Å². The lowest BCUT2D eigenvalue weighted by Gasteiger charge is -2.16. The van der Waals surface area contributed by atoms with E-state index >= 15 is 0 Å². The molecule has 3 N–H and O–H groups in total. The minimum atomic E-state index is -1.21. The highest BCUT2D eigenvalue weighted by atomic mass is 16.4. The number of rotatable bonds is 5. The average Bonchev–Trinajstić information content (AvgIpc) is 2.49. The van der Waals surface area contributed by atoms with Crippen LogP contribution in [0.4, 0.5) is 0 Å². The molecule has 0 radical (unpaired) electrons. The van der Waals surface area contributed by atoms with Gasteiger partial charge in [-0.2, -0.15) is 0 Å². The van der Waals surface area contributed by atoms with Crippen molar-refractivity contribution in [3.05, 3.63) is 45.1 Å². The summed E-state index contributed by atoms with van der Waals surface area (Å²) in [6, 6.07) is 5.40. The molecule has 2 rings (SSSR count). The average molecular weight is 305 g/mol. The van der Waals surface area contributed by atoms with Gasteiger partial charge in [0.2, 0.25) is 5.91 Å². The number of carbonyl (C=O) groups is 2. The maximum Gasteiger partial charge on any atom is 0.329 e. The molecule has 116 valence electrons. The normalized spacial score (nSPS) is 12.0. The Hall–Kier alpha value is -2.90. The van der Waals surface area contributed by atoms with Crippen LogP contribution in [0.3, 0.4) is 0 Å². The molecule has 0 spiro atoms. The molecule has 0 aliphatic rings. The van der Waals surface area contributed by atoms with Gasteiger partial charge < -0.3 is 15.4 Å². The van der Waals surface area contributed by atoms with E-state index in [0.717, 1.165) is 4.57 Å². The fraction of sp³-hybridized carbons (Fsp3) is 0.286. The van der Waals surface area contributed by atoms with Crippen molar-refractivity contribution in [2.75, 3.05) is 6.54 Å². The number of carboxylic acid groups (broad SMARTS) is 1. The number of amides is 1. The van der Waals surface area contributed by atoms with E-state index in [4.69, 9.17) is 5.11 Å². The Morgan fingerprint density at radius 1 is 1.32 bits per heavy atom. The number of hydrogen-bond donors (Lipinski definition) is 3. The first-order valence-electron chi connectivity index (χ1n) is 6.68. The van der Waals surface area contributed by atoms with Gasteiger partial charge in [-0.15, -0.1) is 0 Å². The Labute approximate surface area is 124 Å². The number of benzene rings is 1. The maximum atomic E-state index is 12.4. The van der Waals surface area contributed by atoms with Crippen molar-refractivity contribution in [3.8, 4) is 0 Å². The predicted octanol–water partition coefficient (Wildman–Crippen LogP) is -0.158. The quantitative estimate of drug-likeness (QED) is 0.709. The number of aromatic nitrogens is 2. The van der Waals surface area contributed by atoms with E-state index in [0.29, 0.717) is 5.52 Å². The van der Waals surface area contributed by atoms with E-state index in [1.54, 1.807) is 31.2 Å². The third-order valence-electron chi connectivity index (χ3n) is 3.25. The molecule has 1 aromatic carbocycles. The fourth-order valence-electron chi connectivity index (χ4n) is 2.22. The van der Waals surface area contributed by atoms with Crippen LogP contribution < -0.4 is 16.6 Å². The number of fused-ring (bicyclic) bond motifs is 1. The largest absolute Gasteiger partial charge is 0.480 e. The van der Waals surface area contributed by atoms with Gasteiger partial charge in [0, 0.05) is 0 Å². The summed E-state index contributed by atoms with van der Waals surface area (Å²) in [6.07, 6.45) is 0.173. The number of para-hydroxylation sites is 1. The number of carboxylic acids is 1. The second-order valence-electron chi connectivity index (χ2n) is 4.69. The molecule has 0 saturated heterocycles. The summed E-state index contributed by atoms with van der Waals surface area (Å²) < 4.78 is 0.819. The molecule has 1 heterocycles. The zero-order valence-electron chi connectivity index (χ0n) is 11.8. The van der Waals surface area contributed by atoms with Crippen molar-refractivity contribution in [2.24, 2.45) is 0 Å². The van der Waals surface area contributed by atoms with Crippen LogP contribution in [-0.4, -0.2) is 33.1 Å². The van der Waals surface area contributed by atoms with Crippen LogP contribution in [-0.2, 0) is 9.59 Å². The third-order valence-corrected chi connectivity index (χ3v) is 3.25. The van der Waals surface area contributed by atoms with E-state index in [2.05, 4.69) is 10.3 Å². The predicted molar refractivity (Wildman–Crippen MR) is 78.8 cm³/mol. The Morgan fingerprint density at radius 3 is 2.64 bits per heavy atom. The molecule has 0 saturated carbocycles. The Balaban J connectivity index is 2.52. The van der Waals surface area contributed by atoms with Crippen molar-refractivity contribution in [1.29, 1.82) is 0 Å². The second-order valence-corrected chi connectivity index (χ2v) is 4.69. The number of aromatic amines is 1. The molecule has 1 amide bonds. The summed E-state index contributed by atoms with van der Waals surface area (Å²) in [5, 5.41) is 11.1. The summed E-state index contributed by atoms with van der Waals surface area (Å²) in [4.78, 5) is 49.6. The molecule has 8 heteroatoms. The molecule has 1 aromatic heterocycles. The highest BCUT2D eigenvalue weighted by molar-refractivity contribution is 5.84. The fourth-order valence-corrected chi connectivity index (χ4v) is 2.22. The van der Waals surface area contributed by atoms with Crippen LogP contribution in [0.15, 0.2) is 33.9 Å². The van der Waals surface area contributed by atoms with Gasteiger partial charge in [0.25, 0.3) is 5.56 Å². The first-order chi connectivity index (χ1) is 10.5. The lowest BCUT2D eigenvalue weighted by atomic mass is 10.2. The van der Waals surface area contributed by atoms with Crippen molar-refractivity contribution in [3.63, 3.8) is 0 Å². The van der Waals surface area contributed by atoms with Crippen molar-refractivity contribution in [2.45, 2.75) is 19.4 Å². The minimum absolute atomic E-state index is 0.173. The molecule has 0 aliphatic carbocycles. The molecule has 2 aromatic rings. The van der Waals surface area contributed by atoms with Gasteiger partial charge in [-0.1, -0.05) is 19.1 Å². The van der Waals surface area contributed by atoms with E-state index in [1.165, 1.54) is 0 Å². The second kappa shape index (κ2) is 6.25. The highest BCUT2D eigenvalue weighted by Gasteiger charge is 2.23. The number of hydrogen-bond acceptors (Lipinski definition) is 4. The monoisotopic (exact) mass is 305 g/mol. The summed E-state index contributed by atoms with van der Waals surface area (Å²) in [6.45, 7) is 1.06. The zero-order valence-corrected chi connectivity index (χ0v) is 11.8. The van der Waals surface area contributed by atoms with Crippen LogP contribution in [0.2, 0.25) is 0 Å². The standard InChI is InChI=1S/C14H15N3O5/c1-2-10(12(20)15-7-11(18)19)17-13(21)8-5-3-4-6-9(8)16-14(17)22/h3-6,10H,2,7H2,1H3,(H,15,20)(H,16,22)(H,18,19). The minimum Gasteiger partial charge on any atom is -0.480 e. The summed E-state index contributed by atoms with van der Waals surface area (Å²) in [5.74, 6) is -1.89. The highest BCUT2D eigenvalue weighted by Crippen LogP contribution is 2.09. The number of nitrogens with one attached hydrogen (secondary N) is 2. The van der Waals surface area contributed by atoms with Gasteiger partial charge >= 0.3 is 11.7 Å². The van der Waals surface area contributed by atoms with E-state index < -0.39 is 35.7 Å². The lowest BCUT2D eigenvalue weighted by molar-refractivity contribution is -0.138. The third kappa shape index (κ3) is 2.90. The van der Waals surface area contributed by atoms with Crippen LogP contribution in [0.1, 0.15) is 19.4 Å². The summed E-state index contributed by atoms with van der Waals surface area (Å²) in [7, 11) is 0. The summed E-state index contributed by atoms with van der Waals surface area (Å²) >= 11 is 0. The van der Waals surface area contributed by atoms with E-state index in [-0.39, 0.29) is 11.8 Å². The SMILES string of the molecule is CCC(C(=O)NCC(=O)O)n1c(=O)[nH]c2ccccc2c1=O. The van der Waals surface area contributed by atoms with Crippen molar-refractivity contribution in [1.82, 2.24) is 14.9 Å². The Kier molecular flexibility index (Phi) is 4.40. The van der Waals surface area contributed by atoms with Gasteiger partial charge in [0.05, 0.1) is 10.9 Å². The van der Waals surface area contributed by atoms with Crippen LogP contribution in [0.5, 0.6) is 0 Å². The van der Waals surface area contributed by atoms with Gasteiger partial charge in [0.1, 0.15) is 12.6 Å². The van der Waals surface area contributed by atoms with E-state index in [1.807, 2.05) is 0 Å². The number of carbonyl (C=O) groups excluding carboxylic acids is 1. The van der Waals surface area contributed by atoms with Crippen LogP contribution in [0, 0.1) is 0 Å². The van der Waals surface area contributed by atoms with Gasteiger partial charge in [-0.3, -0.25) is 14.4 Å². The van der Waals surface area contributed by atoms with E-state index in [9.17, 15) is 19.2 Å². The van der Waals surface area contributed by atoms with Gasteiger partial charge in [-0.05, 0) is 18.6 Å². The van der Waals surface area contributed by atoms with Gasteiger partial charge in [0.15, 0.2) is 0 Å². The Morgan fingerprint density at radius 2 is 2.00 bits per heavy atom. The molecular weight excluding hydrogens is 290 g/mol. The van der Waals surface area contributed by atoms with Crippen molar-refractivity contribution < 1.29 is 14.7 Å². The molecule has 8 nitrogen and oxygen atoms in total. The number of aliphatic carboxylic acids is 1. The molecule has 0 bridgehead atoms. The zero-order chi connectivity index (χ0) is 16.3. The smallest absolute Gasteiger partial charge is 0.329 e. The van der Waals surface area contributed by atoms with Gasteiger partial charge in [-0.25, -0.2) is 9.36 Å². The molecule has 22 heavy (non-hydrogen) atoms. The summed E-state index contributed by atoms with van der Waals surface area (Å²) in [5.41, 5.74) is -0.910. The number of nitrogens with zero attached hydrogens (tertiary/aromatic N) is 1. The molecule has 1 unspecified atom stereocenters. The Bertz CT molecular complexity index is 836. The van der Waals surface area contributed by atoms with Crippen LogP contribution in [0.25, 0.3) is 10.9 Å². The first-order valence-corrected chi connectivity index (χ1v) is 6.68. The molecular formula is C14H15N3O5. The lowest BCUT2D eigenvalue weighted by Crippen LogP contribution is -2.45. The molecule has 0 fully saturated rings. The number of H-pyrrole nitrogens is 1. The molecule has 0 aliphatic heterocycles. The van der Waals surface area contributed by atoms with Crippen molar-refractivity contribution >= 4 is 22.8 Å². The first kappa shape index (κ1) is 15.5. The maximum absolute atomic E-state index is 12.4.